The molecule has 5 heteroatoms. The Morgan fingerprint density at radius 1 is 1.17 bits per heavy atom. The summed E-state index contributed by atoms with van der Waals surface area (Å²) in [5.74, 6) is 1.02. The molecule has 1 N–H and O–H groups in total. The minimum atomic E-state index is 0.222. The highest BCUT2D eigenvalue weighted by Crippen LogP contribution is 2.50. The number of likely N-dealkylation sites (tertiary alicyclic amines) is 1. The Morgan fingerprint density at radius 2 is 1.97 bits per heavy atom. The van der Waals surface area contributed by atoms with Crippen molar-refractivity contribution in [2.24, 2.45) is 5.41 Å². The highest BCUT2D eigenvalue weighted by molar-refractivity contribution is 5.41. The number of fused-ring (bicyclic) bond motifs is 1. The van der Waals surface area contributed by atoms with Gasteiger partial charge in [0, 0.05) is 62.4 Å². The van der Waals surface area contributed by atoms with E-state index in [2.05, 4.69) is 53.2 Å². The molecule has 1 unspecified atom stereocenters. The van der Waals surface area contributed by atoms with Gasteiger partial charge in [0.2, 0.25) is 0 Å². The number of aliphatic hydroxyl groups is 1. The van der Waals surface area contributed by atoms with Crippen LogP contribution in [0.2, 0.25) is 0 Å². The van der Waals surface area contributed by atoms with Crippen LogP contribution < -0.4 is 4.74 Å². The van der Waals surface area contributed by atoms with Crippen LogP contribution in [0.5, 0.6) is 5.75 Å². The molecule has 0 bridgehead atoms. The van der Waals surface area contributed by atoms with E-state index in [1.807, 2.05) is 6.20 Å². The summed E-state index contributed by atoms with van der Waals surface area (Å²) < 4.78 is 6.58. The van der Waals surface area contributed by atoms with Gasteiger partial charge in [-0.05, 0) is 44.4 Å². The van der Waals surface area contributed by atoms with E-state index in [9.17, 15) is 5.11 Å². The van der Waals surface area contributed by atoms with E-state index in [4.69, 9.17) is 9.72 Å². The van der Waals surface area contributed by atoms with Crippen LogP contribution in [0.1, 0.15) is 48.5 Å². The summed E-state index contributed by atoms with van der Waals surface area (Å²) in [6, 6.07) is 13.0. The van der Waals surface area contributed by atoms with Crippen molar-refractivity contribution in [3.05, 3.63) is 59.4 Å². The molecule has 5 nitrogen and oxygen atoms in total. The van der Waals surface area contributed by atoms with Gasteiger partial charge in [-0.25, -0.2) is 0 Å². The van der Waals surface area contributed by atoms with Gasteiger partial charge in [0.05, 0.1) is 11.8 Å². The fraction of sp³-hybridized carbons (Fsp3) is 0.560. The highest BCUT2D eigenvalue weighted by atomic mass is 16.5. The van der Waals surface area contributed by atoms with Crippen molar-refractivity contribution in [1.29, 1.82) is 0 Å². The van der Waals surface area contributed by atoms with Crippen molar-refractivity contribution in [3.8, 4) is 5.75 Å². The lowest BCUT2D eigenvalue weighted by Gasteiger charge is -2.57. The fourth-order valence-electron chi connectivity index (χ4n) is 5.89. The molecule has 30 heavy (non-hydrogen) atoms. The zero-order valence-corrected chi connectivity index (χ0v) is 18.0. The van der Waals surface area contributed by atoms with Gasteiger partial charge in [0.25, 0.3) is 0 Å². The maximum Gasteiger partial charge on any atom is 0.127 e. The number of benzene rings is 1. The Hall–Kier alpha value is -1.95. The predicted molar refractivity (Wildman–Crippen MR) is 117 cm³/mol. The maximum absolute atomic E-state index is 9.53. The number of pyridine rings is 1. The summed E-state index contributed by atoms with van der Waals surface area (Å²) in [7, 11) is 2.20. The molecule has 2 aliphatic heterocycles. The van der Waals surface area contributed by atoms with Crippen LogP contribution in [-0.4, -0.2) is 59.3 Å². The SMILES string of the molecule is CN1CC2(CC(Oc3ccnc4c3C(CCCO)N(Cc3ccccc3)CC4)C2)C1. The summed E-state index contributed by atoms with van der Waals surface area (Å²) >= 11 is 0. The number of hydrogen-bond acceptors (Lipinski definition) is 5. The zero-order chi connectivity index (χ0) is 20.6. The lowest BCUT2D eigenvalue weighted by Crippen LogP contribution is -2.63. The lowest BCUT2D eigenvalue weighted by atomic mass is 9.62. The zero-order valence-electron chi connectivity index (χ0n) is 18.0. The predicted octanol–water partition coefficient (Wildman–Crippen LogP) is 3.43. The van der Waals surface area contributed by atoms with Gasteiger partial charge in [-0.3, -0.25) is 9.88 Å². The van der Waals surface area contributed by atoms with Crippen molar-refractivity contribution >= 4 is 0 Å². The number of aromatic nitrogens is 1. The van der Waals surface area contributed by atoms with Crippen LogP contribution in [0.4, 0.5) is 0 Å². The minimum Gasteiger partial charge on any atom is -0.490 e. The smallest absolute Gasteiger partial charge is 0.127 e. The third kappa shape index (κ3) is 3.86. The molecule has 0 amide bonds. The first-order valence-corrected chi connectivity index (χ1v) is 11.4. The molecule has 1 atom stereocenters. The summed E-state index contributed by atoms with van der Waals surface area (Å²) in [6.45, 7) is 4.56. The van der Waals surface area contributed by atoms with Gasteiger partial charge in [0.1, 0.15) is 5.75 Å². The van der Waals surface area contributed by atoms with Crippen LogP contribution in [0.3, 0.4) is 0 Å². The van der Waals surface area contributed by atoms with E-state index in [0.717, 1.165) is 38.1 Å². The minimum absolute atomic E-state index is 0.222. The number of rotatable bonds is 7. The topological polar surface area (TPSA) is 48.8 Å². The Balaban J connectivity index is 1.36. The maximum atomic E-state index is 9.53. The van der Waals surface area contributed by atoms with E-state index in [1.54, 1.807) is 0 Å². The summed E-state index contributed by atoms with van der Waals surface area (Å²) in [5.41, 5.74) is 4.29. The normalized spacial score (nSPS) is 23.6. The van der Waals surface area contributed by atoms with Gasteiger partial charge in [-0.15, -0.1) is 0 Å². The second-order valence-corrected chi connectivity index (χ2v) is 9.58. The van der Waals surface area contributed by atoms with Crippen molar-refractivity contribution in [2.75, 3.05) is 33.3 Å². The molecule has 1 aromatic heterocycles. The average Bonchev–Trinajstić information content (AvgIpc) is 2.71. The Labute approximate surface area is 179 Å². The van der Waals surface area contributed by atoms with Gasteiger partial charge >= 0.3 is 0 Å². The first-order chi connectivity index (χ1) is 14.7. The second-order valence-electron chi connectivity index (χ2n) is 9.58. The third-order valence-corrected chi connectivity index (χ3v) is 7.13. The second kappa shape index (κ2) is 8.29. The molecule has 1 spiro atoms. The Bertz CT molecular complexity index is 858. The van der Waals surface area contributed by atoms with Crippen LogP contribution in [0, 0.1) is 5.41 Å². The largest absolute Gasteiger partial charge is 0.490 e. The summed E-state index contributed by atoms with van der Waals surface area (Å²) in [4.78, 5) is 9.67. The van der Waals surface area contributed by atoms with Crippen molar-refractivity contribution in [1.82, 2.24) is 14.8 Å². The first kappa shape index (κ1) is 20.0. The van der Waals surface area contributed by atoms with Crippen LogP contribution >= 0.6 is 0 Å². The molecule has 3 aliphatic rings. The molecule has 3 heterocycles. The molecular weight excluding hydrogens is 374 g/mol. The van der Waals surface area contributed by atoms with Gasteiger partial charge in [0.15, 0.2) is 0 Å². The standard InChI is InChI=1S/C25H33N3O2/c1-27-17-25(18-27)14-20(15-25)30-23-9-11-26-21-10-12-28(16-19-6-3-2-4-7-19)22(24(21)23)8-5-13-29/h2-4,6-7,9,11,20,22,29H,5,8,10,12-18H2,1H3. The van der Waals surface area contributed by atoms with E-state index in [0.29, 0.717) is 11.5 Å². The van der Waals surface area contributed by atoms with Crippen molar-refractivity contribution in [3.63, 3.8) is 0 Å². The summed E-state index contributed by atoms with van der Waals surface area (Å²) in [6.07, 6.45) is 7.26. The summed E-state index contributed by atoms with van der Waals surface area (Å²) in [5, 5.41) is 9.53. The van der Waals surface area contributed by atoms with Crippen molar-refractivity contribution < 1.29 is 9.84 Å². The van der Waals surface area contributed by atoms with Gasteiger partial charge in [-0.1, -0.05) is 30.3 Å². The lowest BCUT2D eigenvalue weighted by molar-refractivity contribution is -0.109. The monoisotopic (exact) mass is 407 g/mol. The van der Waals surface area contributed by atoms with E-state index in [-0.39, 0.29) is 12.6 Å². The molecule has 2 fully saturated rings. The molecule has 0 radical (unpaired) electrons. The quantitative estimate of drug-likeness (QED) is 0.762. The van der Waals surface area contributed by atoms with Crippen LogP contribution in [0.25, 0.3) is 0 Å². The molecule has 1 saturated heterocycles. The molecule has 1 saturated carbocycles. The van der Waals surface area contributed by atoms with Gasteiger partial charge < -0.3 is 14.7 Å². The molecular formula is C25H33N3O2. The number of ether oxygens (including phenoxy) is 1. The fourth-order valence-corrected chi connectivity index (χ4v) is 5.89. The van der Waals surface area contributed by atoms with E-state index >= 15 is 0 Å². The molecule has 5 rings (SSSR count). The van der Waals surface area contributed by atoms with Crippen LogP contribution in [0.15, 0.2) is 42.6 Å². The van der Waals surface area contributed by atoms with E-state index < -0.39 is 0 Å². The Morgan fingerprint density at radius 3 is 2.70 bits per heavy atom. The Kier molecular flexibility index (Phi) is 5.52. The first-order valence-electron chi connectivity index (χ1n) is 11.4. The van der Waals surface area contributed by atoms with Gasteiger partial charge in [-0.2, -0.15) is 0 Å². The van der Waals surface area contributed by atoms with Crippen LogP contribution in [-0.2, 0) is 13.0 Å². The molecule has 1 aliphatic carbocycles. The van der Waals surface area contributed by atoms with E-state index in [1.165, 1.54) is 42.8 Å². The average molecular weight is 408 g/mol. The highest BCUT2D eigenvalue weighted by Gasteiger charge is 2.52. The third-order valence-electron chi connectivity index (χ3n) is 7.13. The molecule has 160 valence electrons. The van der Waals surface area contributed by atoms with Crippen molar-refractivity contribution in [2.45, 2.75) is 50.8 Å². The molecule has 1 aromatic carbocycles. The number of nitrogens with zero attached hydrogens (tertiary/aromatic N) is 3. The number of hydrogen-bond donors (Lipinski definition) is 1. The number of aliphatic hydroxyl groups excluding tert-OH is 1. The molecule has 2 aromatic rings.